The Hall–Kier alpha value is -1.45. The van der Waals surface area contributed by atoms with Crippen LogP contribution in [0.5, 0.6) is 0 Å². The van der Waals surface area contributed by atoms with Crippen LogP contribution in [0.2, 0.25) is 0 Å². The Kier molecular flexibility index (Phi) is 10.3. The van der Waals surface area contributed by atoms with Crippen LogP contribution >= 0.6 is 0 Å². The monoisotopic (exact) mass is 333 g/mol. The van der Waals surface area contributed by atoms with Gasteiger partial charge in [0.1, 0.15) is 0 Å². The quantitative estimate of drug-likeness (QED) is 0.520. The van der Waals surface area contributed by atoms with Gasteiger partial charge in [-0.15, -0.1) is 0 Å². The van der Waals surface area contributed by atoms with Crippen molar-refractivity contribution in [2.75, 3.05) is 4.90 Å². The molecule has 136 valence electrons. The molecule has 0 aliphatic heterocycles. The number of aromatic nitrogens is 2. The first-order valence-corrected chi connectivity index (χ1v) is 9.80. The highest BCUT2D eigenvalue weighted by molar-refractivity contribution is 5.92. The van der Waals surface area contributed by atoms with Crippen molar-refractivity contribution in [2.24, 2.45) is 0 Å². The first-order chi connectivity index (χ1) is 11.7. The molecular weight excluding hydrogens is 298 g/mol. The van der Waals surface area contributed by atoms with Crippen molar-refractivity contribution < 1.29 is 4.79 Å². The molecule has 0 aliphatic carbocycles. The van der Waals surface area contributed by atoms with Gasteiger partial charge in [-0.3, -0.25) is 9.69 Å². The van der Waals surface area contributed by atoms with Crippen LogP contribution in [0.15, 0.2) is 12.4 Å². The fraction of sp³-hybridized carbons (Fsp3) is 0.750. The van der Waals surface area contributed by atoms with Crippen LogP contribution in [0.4, 0.5) is 5.95 Å². The Morgan fingerprint density at radius 1 is 0.958 bits per heavy atom. The number of anilines is 1. The van der Waals surface area contributed by atoms with E-state index < -0.39 is 0 Å². The van der Waals surface area contributed by atoms with Crippen LogP contribution in [0, 0.1) is 0 Å². The van der Waals surface area contributed by atoms with Gasteiger partial charge in [-0.25, -0.2) is 9.97 Å². The third-order valence-electron chi connectivity index (χ3n) is 4.35. The van der Waals surface area contributed by atoms with E-state index in [0.717, 1.165) is 56.9 Å². The summed E-state index contributed by atoms with van der Waals surface area (Å²) in [6.45, 7) is 8.65. The molecule has 1 heterocycles. The Morgan fingerprint density at radius 3 is 2.04 bits per heavy atom. The first kappa shape index (κ1) is 20.6. The minimum atomic E-state index is 0.171. The van der Waals surface area contributed by atoms with Crippen LogP contribution in [-0.4, -0.2) is 21.9 Å². The number of amides is 1. The van der Waals surface area contributed by atoms with Gasteiger partial charge in [0.15, 0.2) is 0 Å². The SMILES string of the molecule is CCCCC(=O)N(c1ncc(CCCC)cn1)C(CCC)CCC. The van der Waals surface area contributed by atoms with Gasteiger partial charge in [0.05, 0.1) is 0 Å². The highest BCUT2D eigenvalue weighted by Gasteiger charge is 2.25. The maximum absolute atomic E-state index is 12.8. The summed E-state index contributed by atoms with van der Waals surface area (Å²) >= 11 is 0. The van der Waals surface area contributed by atoms with Gasteiger partial charge in [0.25, 0.3) is 0 Å². The lowest BCUT2D eigenvalue weighted by Gasteiger charge is -2.30. The molecule has 0 saturated carbocycles. The van der Waals surface area contributed by atoms with Gasteiger partial charge in [0.2, 0.25) is 11.9 Å². The minimum absolute atomic E-state index is 0.171. The second-order valence-corrected chi connectivity index (χ2v) is 6.59. The predicted octanol–water partition coefficient (Wildman–Crippen LogP) is 5.31. The normalized spacial score (nSPS) is 11.0. The molecule has 0 radical (unpaired) electrons. The summed E-state index contributed by atoms with van der Waals surface area (Å²) in [5.74, 6) is 0.758. The zero-order valence-corrected chi connectivity index (χ0v) is 16.1. The van der Waals surface area contributed by atoms with Crippen molar-refractivity contribution in [3.8, 4) is 0 Å². The van der Waals surface area contributed by atoms with Crippen LogP contribution in [0.1, 0.15) is 91.0 Å². The van der Waals surface area contributed by atoms with Gasteiger partial charge in [-0.1, -0.05) is 53.4 Å². The molecule has 0 aromatic carbocycles. The molecule has 4 nitrogen and oxygen atoms in total. The topological polar surface area (TPSA) is 46.1 Å². The maximum atomic E-state index is 12.8. The number of aryl methyl sites for hydroxylation is 1. The van der Waals surface area contributed by atoms with Gasteiger partial charge in [-0.05, 0) is 37.7 Å². The second-order valence-electron chi connectivity index (χ2n) is 6.59. The van der Waals surface area contributed by atoms with Crippen molar-refractivity contribution >= 4 is 11.9 Å². The summed E-state index contributed by atoms with van der Waals surface area (Å²) in [4.78, 5) is 23.8. The largest absolute Gasteiger partial charge is 0.278 e. The number of rotatable bonds is 12. The van der Waals surface area contributed by atoms with Crippen LogP contribution in [0.3, 0.4) is 0 Å². The van der Waals surface area contributed by atoms with Gasteiger partial charge < -0.3 is 0 Å². The van der Waals surface area contributed by atoms with E-state index in [1.807, 2.05) is 17.3 Å². The predicted molar refractivity (Wildman–Crippen MR) is 101 cm³/mol. The van der Waals surface area contributed by atoms with Crippen molar-refractivity contribution in [3.63, 3.8) is 0 Å². The number of nitrogens with zero attached hydrogens (tertiary/aromatic N) is 3. The van der Waals surface area contributed by atoms with Crippen molar-refractivity contribution in [3.05, 3.63) is 18.0 Å². The molecule has 0 fully saturated rings. The van der Waals surface area contributed by atoms with E-state index in [9.17, 15) is 4.79 Å². The van der Waals surface area contributed by atoms with E-state index in [1.54, 1.807) is 0 Å². The van der Waals surface area contributed by atoms with Crippen molar-refractivity contribution in [1.29, 1.82) is 0 Å². The number of carbonyl (C=O) groups is 1. The maximum Gasteiger partial charge on any atom is 0.232 e. The van der Waals surface area contributed by atoms with Crippen LogP contribution in [-0.2, 0) is 11.2 Å². The van der Waals surface area contributed by atoms with Gasteiger partial charge >= 0.3 is 0 Å². The number of hydrogen-bond acceptors (Lipinski definition) is 3. The molecule has 1 rings (SSSR count). The summed E-state index contributed by atoms with van der Waals surface area (Å²) in [5, 5.41) is 0. The van der Waals surface area contributed by atoms with Crippen molar-refractivity contribution in [1.82, 2.24) is 9.97 Å². The van der Waals surface area contributed by atoms with E-state index in [2.05, 4.69) is 37.7 Å². The number of unbranched alkanes of at least 4 members (excludes halogenated alkanes) is 2. The zero-order chi connectivity index (χ0) is 17.8. The molecule has 0 N–H and O–H groups in total. The molecule has 0 atom stereocenters. The van der Waals surface area contributed by atoms with E-state index in [1.165, 1.54) is 6.42 Å². The van der Waals surface area contributed by atoms with Crippen LogP contribution in [0.25, 0.3) is 0 Å². The van der Waals surface area contributed by atoms with E-state index in [0.29, 0.717) is 12.4 Å². The first-order valence-electron chi connectivity index (χ1n) is 9.80. The summed E-state index contributed by atoms with van der Waals surface area (Å²) in [5.41, 5.74) is 1.16. The lowest BCUT2D eigenvalue weighted by molar-refractivity contribution is -0.119. The van der Waals surface area contributed by atoms with E-state index in [4.69, 9.17) is 0 Å². The van der Waals surface area contributed by atoms with Crippen LogP contribution < -0.4 is 4.90 Å². The highest BCUT2D eigenvalue weighted by atomic mass is 16.2. The molecule has 4 heteroatoms. The van der Waals surface area contributed by atoms with Crippen molar-refractivity contribution in [2.45, 2.75) is 97.9 Å². The fourth-order valence-electron chi connectivity index (χ4n) is 2.98. The summed E-state index contributed by atoms with van der Waals surface area (Å²) in [7, 11) is 0. The molecule has 0 aliphatic rings. The standard InChI is InChI=1S/C20H35N3O/c1-5-9-13-17-15-21-20(22-16-17)23(19(24)14-10-6-2)18(11-7-3)12-8-4/h15-16,18H,5-14H2,1-4H3. The third kappa shape index (κ3) is 6.58. The Balaban J connectivity index is 2.99. The molecule has 24 heavy (non-hydrogen) atoms. The van der Waals surface area contributed by atoms with E-state index >= 15 is 0 Å². The highest BCUT2D eigenvalue weighted by Crippen LogP contribution is 2.21. The lowest BCUT2D eigenvalue weighted by atomic mass is 10.0. The number of carbonyl (C=O) groups excluding carboxylic acids is 1. The average molecular weight is 334 g/mol. The molecular formula is C20H35N3O. The average Bonchev–Trinajstić information content (AvgIpc) is 2.60. The molecule has 0 saturated heterocycles. The Morgan fingerprint density at radius 2 is 1.54 bits per heavy atom. The molecule has 0 unspecified atom stereocenters. The lowest BCUT2D eigenvalue weighted by Crippen LogP contribution is -2.41. The van der Waals surface area contributed by atoms with Gasteiger partial charge in [-0.2, -0.15) is 0 Å². The Labute approximate surface area is 148 Å². The Bertz CT molecular complexity index is 452. The smallest absolute Gasteiger partial charge is 0.232 e. The minimum Gasteiger partial charge on any atom is -0.278 e. The van der Waals surface area contributed by atoms with Gasteiger partial charge in [0, 0.05) is 24.9 Å². The third-order valence-corrected chi connectivity index (χ3v) is 4.35. The zero-order valence-electron chi connectivity index (χ0n) is 16.1. The fourth-order valence-corrected chi connectivity index (χ4v) is 2.98. The molecule has 1 aromatic heterocycles. The molecule has 1 aromatic rings. The molecule has 0 bridgehead atoms. The molecule has 1 amide bonds. The van der Waals surface area contributed by atoms with E-state index in [-0.39, 0.29) is 11.9 Å². The summed E-state index contributed by atoms with van der Waals surface area (Å²) < 4.78 is 0. The number of hydrogen-bond donors (Lipinski definition) is 0. The second kappa shape index (κ2) is 12.0. The summed E-state index contributed by atoms with van der Waals surface area (Å²) in [6.07, 6.45) is 13.8. The summed E-state index contributed by atoms with van der Waals surface area (Å²) in [6, 6.07) is 0.214. The molecule has 0 spiro atoms.